The molecular formula is C34H48O7. The molecule has 0 amide bonds. The fraction of sp³-hybridized carbons (Fsp3) is 0.559. The molecule has 226 valence electrons. The van der Waals surface area contributed by atoms with Crippen LogP contribution in [0.15, 0.2) is 29.8 Å². The van der Waals surface area contributed by atoms with E-state index in [1.807, 2.05) is 39.0 Å². The smallest absolute Gasteiger partial charge is 0.174 e. The summed E-state index contributed by atoms with van der Waals surface area (Å²) in [5.41, 5.74) is 3.84. The van der Waals surface area contributed by atoms with E-state index >= 15 is 0 Å². The van der Waals surface area contributed by atoms with Crippen LogP contribution in [-0.4, -0.2) is 48.5 Å². The normalized spacial score (nSPS) is 15.8. The average molecular weight is 569 g/mol. The highest BCUT2D eigenvalue weighted by Crippen LogP contribution is 2.46. The minimum atomic E-state index is -0.828. The van der Waals surface area contributed by atoms with Crippen molar-refractivity contribution in [3.8, 4) is 23.0 Å². The van der Waals surface area contributed by atoms with Gasteiger partial charge in [-0.2, -0.15) is 0 Å². The van der Waals surface area contributed by atoms with Gasteiger partial charge in [-0.25, -0.2) is 0 Å². The highest BCUT2D eigenvalue weighted by atomic mass is 16.5. The van der Waals surface area contributed by atoms with Crippen molar-refractivity contribution < 1.29 is 34.0 Å². The van der Waals surface area contributed by atoms with Gasteiger partial charge in [-0.05, 0) is 103 Å². The van der Waals surface area contributed by atoms with Crippen LogP contribution in [0, 0.1) is 6.92 Å². The van der Waals surface area contributed by atoms with E-state index in [-0.39, 0.29) is 12.2 Å². The van der Waals surface area contributed by atoms with Crippen LogP contribution in [0.5, 0.6) is 23.0 Å². The highest BCUT2D eigenvalue weighted by molar-refractivity contribution is 6.03. The molecule has 3 rings (SSSR count). The van der Waals surface area contributed by atoms with Crippen LogP contribution in [0.3, 0.4) is 0 Å². The van der Waals surface area contributed by atoms with E-state index in [0.29, 0.717) is 47.8 Å². The number of ether oxygens (including phenoxy) is 4. The summed E-state index contributed by atoms with van der Waals surface area (Å²) in [7, 11) is 4.81. The highest BCUT2D eigenvalue weighted by Gasteiger charge is 2.34. The summed E-state index contributed by atoms with van der Waals surface area (Å²) in [6.07, 6.45) is 6.05. The molecule has 0 unspecified atom stereocenters. The molecule has 0 spiro atoms. The molecule has 1 heterocycles. The third-order valence-electron chi connectivity index (χ3n) is 7.73. The first-order valence-electron chi connectivity index (χ1n) is 14.4. The Balaban J connectivity index is 1.98. The van der Waals surface area contributed by atoms with E-state index in [9.17, 15) is 15.0 Å². The number of carbonyl (C=O) groups excluding carboxylic acids is 1. The Kier molecular flexibility index (Phi) is 10.5. The minimum Gasteiger partial charge on any atom is -0.496 e. The van der Waals surface area contributed by atoms with Gasteiger partial charge in [0, 0.05) is 11.1 Å². The summed E-state index contributed by atoms with van der Waals surface area (Å²) in [4.78, 5) is 13.7. The predicted molar refractivity (Wildman–Crippen MR) is 162 cm³/mol. The van der Waals surface area contributed by atoms with Gasteiger partial charge in [0.2, 0.25) is 0 Å². The van der Waals surface area contributed by atoms with Crippen LogP contribution in [0.1, 0.15) is 105 Å². The van der Waals surface area contributed by atoms with Crippen LogP contribution in [0.2, 0.25) is 0 Å². The summed E-state index contributed by atoms with van der Waals surface area (Å²) in [5, 5.41) is 20.3. The van der Waals surface area contributed by atoms with Gasteiger partial charge in [0.05, 0.1) is 39.0 Å². The van der Waals surface area contributed by atoms with E-state index < -0.39 is 17.3 Å². The number of hydrogen-bond acceptors (Lipinski definition) is 7. The van der Waals surface area contributed by atoms with Crippen LogP contribution >= 0.6 is 0 Å². The molecule has 41 heavy (non-hydrogen) atoms. The monoisotopic (exact) mass is 568 g/mol. The van der Waals surface area contributed by atoms with Crippen LogP contribution in [0.25, 0.3) is 0 Å². The van der Waals surface area contributed by atoms with Gasteiger partial charge in [-0.15, -0.1) is 0 Å². The molecule has 0 aliphatic carbocycles. The summed E-state index contributed by atoms with van der Waals surface area (Å²) >= 11 is 0. The Morgan fingerprint density at radius 1 is 1.00 bits per heavy atom. The standard InChI is InChI=1S/C34H48O7/c1-21(11-10-17-33(3,4)36)12-13-25-24(14-15-27(38-7)31(25)39-8)28-20-26(35)30-29(41-28)19-22(2)23(32(30)40-9)16-18-34(5,6)37/h12,14-15,19,28,36-37H,10-11,13,16-18,20H2,1-9H3/b21-12+/t28-/m0/s1. The zero-order chi connectivity index (χ0) is 30.5. The van der Waals surface area contributed by atoms with Crippen molar-refractivity contribution in [1.29, 1.82) is 0 Å². The Labute approximate surface area is 245 Å². The van der Waals surface area contributed by atoms with Crippen molar-refractivity contribution in [2.45, 2.75) is 104 Å². The van der Waals surface area contributed by atoms with Gasteiger partial charge in [0.1, 0.15) is 23.2 Å². The van der Waals surface area contributed by atoms with Crippen molar-refractivity contribution in [2.75, 3.05) is 21.3 Å². The maximum Gasteiger partial charge on any atom is 0.174 e. The number of rotatable bonds is 13. The number of hydrogen-bond donors (Lipinski definition) is 2. The van der Waals surface area contributed by atoms with Gasteiger partial charge in [-0.3, -0.25) is 4.79 Å². The third-order valence-corrected chi connectivity index (χ3v) is 7.73. The molecule has 2 N–H and O–H groups in total. The van der Waals surface area contributed by atoms with Crippen molar-refractivity contribution in [3.63, 3.8) is 0 Å². The molecule has 2 aromatic rings. The van der Waals surface area contributed by atoms with Crippen molar-refractivity contribution in [2.24, 2.45) is 0 Å². The molecule has 0 saturated carbocycles. The summed E-state index contributed by atoms with van der Waals surface area (Å²) < 4.78 is 23.7. The first kappa shape index (κ1) is 32.5. The molecule has 0 fully saturated rings. The minimum absolute atomic E-state index is 0.0447. The summed E-state index contributed by atoms with van der Waals surface area (Å²) in [6.45, 7) is 11.3. The SMILES string of the molecule is COc1ccc([C@@H]2CC(=O)c3c(cc(C)c(CCC(C)(C)O)c3OC)O2)c(C/C=C(\C)CCCC(C)(C)O)c1OC. The number of Topliss-reactive ketones (excluding diaryl/α,β-unsaturated/α-hetero) is 1. The molecule has 1 atom stereocenters. The quantitative estimate of drug-likeness (QED) is 0.255. The van der Waals surface area contributed by atoms with Crippen LogP contribution in [-0.2, 0) is 12.8 Å². The fourth-order valence-corrected chi connectivity index (χ4v) is 5.46. The van der Waals surface area contributed by atoms with E-state index in [0.717, 1.165) is 41.5 Å². The van der Waals surface area contributed by atoms with Gasteiger partial charge < -0.3 is 29.2 Å². The van der Waals surface area contributed by atoms with E-state index in [1.165, 1.54) is 5.57 Å². The lowest BCUT2D eigenvalue weighted by Gasteiger charge is -2.30. The maximum atomic E-state index is 13.7. The van der Waals surface area contributed by atoms with Crippen molar-refractivity contribution >= 4 is 5.78 Å². The second-order valence-corrected chi connectivity index (χ2v) is 12.4. The lowest BCUT2D eigenvalue weighted by atomic mass is 9.87. The second kappa shape index (κ2) is 13.3. The zero-order valence-electron chi connectivity index (χ0n) is 26.3. The number of allylic oxidation sites excluding steroid dienone is 2. The maximum absolute atomic E-state index is 13.7. The van der Waals surface area contributed by atoms with E-state index in [2.05, 4.69) is 13.0 Å². The Bertz CT molecular complexity index is 1260. The summed E-state index contributed by atoms with van der Waals surface area (Å²) in [6, 6.07) is 5.72. The lowest BCUT2D eigenvalue weighted by molar-refractivity contribution is 0.0687. The molecule has 0 aromatic heterocycles. The number of fused-ring (bicyclic) bond motifs is 1. The Morgan fingerprint density at radius 3 is 2.24 bits per heavy atom. The number of aryl methyl sites for hydroxylation is 1. The Hall–Kier alpha value is -3.03. The molecule has 1 aliphatic heterocycles. The molecule has 7 heteroatoms. The van der Waals surface area contributed by atoms with Crippen molar-refractivity contribution in [3.05, 3.63) is 57.7 Å². The average Bonchev–Trinajstić information content (AvgIpc) is 2.88. The van der Waals surface area contributed by atoms with Crippen LogP contribution in [0.4, 0.5) is 0 Å². The largest absolute Gasteiger partial charge is 0.496 e. The predicted octanol–water partition coefficient (Wildman–Crippen LogP) is 6.86. The molecule has 0 bridgehead atoms. The van der Waals surface area contributed by atoms with Gasteiger partial charge in [0.25, 0.3) is 0 Å². The third kappa shape index (κ3) is 8.26. The van der Waals surface area contributed by atoms with E-state index in [1.54, 1.807) is 35.2 Å². The molecule has 0 saturated heterocycles. The lowest BCUT2D eigenvalue weighted by Crippen LogP contribution is -2.24. The number of aliphatic hydroxyl groups is 2. The molecule has 1 aliphatic rings. The molecule has 0 radical (unpaired) electrons. The van der Waals surface area contributed by atoms with Crippen LogP contribution < -0.4 is 18.9 Å². The molecule has 2 aromatic carbocycles. The number of benzene rings is 2. The number of carbonyl (C=O) groups is 1. The topological polar surface area (TPSA) is 94.5 Å². The number of ketones is 1. The van der Waals surface area contributed by atoms with E-state index in [4.69, 9.17) is 18.9 Å². The number of methoxy groups -OCH3 is 3. The van der Waals surface area contributed by atoms with Crippen molar-refractivity contribution in [1.82, 2.24) is 0 Å². The summed E-state index contributed by atoms with van der Waals surface area (Å²) in [5.74, 6) is 2.24. The van der Waals surface area contributed by atoms with Gasteiger partial charge >= 0.3 is 0 Å². The first-order chi connectivity index (χ1) is 19.2. The molecule has 7 nitrogen and oxygen atoms in total. The zero-order valence-corrected chi connectivity index (χ0v) is 26.3. The second-order valence-electron chi connectivity index (χ2n) is 12.4. The first-order valence-corrected chi connectivity index (χ1v) is 14.4. The fourth-order valence-electron chi connectivity index (χ4n) is 5.46. The van der Waals surface area contributed by atoms with Gasteiger partial charge in [-0.1, -0.05) is 17.7 Å². The van der Waals surface area contributed by atoms with Gasteiger partial charge in [0.15, 0.2) is 17.3 Å². The molecular weight excluding hydrogens is 520 g/mol. The Morgan fingerprint density at radius 2 is 1.66 bits per heavy atom.